The van der Waals surface area contributed by atoms with Gasteiger partial charge in [-0.1, -0.05) is 17.7 Å². The van der Waals surface area contributed by atoms with E-state index in [1.165, 1.54) is 4.31 Å². The largest absolute Gasteiger partial charge is 0.243 e. The van der Waals surface area contributed by atoms with Crippen molar-refractivity contribution in [3.8, 4) is 0 Å². The highest BCUT2D eigenvalue weighted by Crippen LogP contribution is 2.25. The van der Waals surface area contributed by atoms with Crippen LogP contribution in [-0.2, 0) is 10.0 Å². The molecule has 1 saturated heterocycles. The summed E-state index contributed by atoms with van der Waals surface area (Å²) < 4.78 is 26.6. The molecule has 0 amide bonds. The number of sulfonamides is 1. The van der Waals surface area contributed by atoms with Crippen molar-refractivity contribution in [2.24, 2.45) is 0 Å². The first kappa shape index (κ1) is 13.8. The zero-order chi connectivity index (χ0) is 13.3. The van der Waals surface area contributed by atoms with Crippen molar-refractivity contribution in [2.75, 3.05) is 13.1 Å². The van der Waals surface area contributed by atoms with E-state index < -0.39 is 10.0 Å². The fourth-order valence-corrected chi connectivity index (χ4v) is 4.47. The van der Waals surface area contributed by atoms with Crippen LogP contribution in [0.5, 0.6) is 0 Å². The van der Waals surface area contributed by atoms with Crippen LogP contribution in [0.25, 0.3) is 0 Å². The second-order valence-corrected chi connectivity index (χ2v) is 7.40. The highest BCUT2D eigenvalue weighted by molar-refractivity contribution is 7.89. The molecule has 0 bridgehead atoms. The Morgan fingerprint density at radius 2 is 2.06 bits per heavy atom. The van der Waals surface area contributed by atoms with Crippen molar-refractivity contribution in [3.63, 3.8) is 0 Å². The average molecular weight is 288 g/mol. The van der Waals surface area contributed by atoms with Crippen molar-refractivity contribution >= 4 is 21.6 Å². The van der Waals surface area contributed by atoms with E-state index in [2.05, 4.69) is 0 Å². The van der Waals surface area contributed by atoms with E-state index in [4.69, 9.17) is 11.6 Å². The number of hydrogen-bond donors (Lipinski definition) is 0. The summed E-state index contributed by atoms with van der Waals surface area (Å²) in [6, 6.07) is 5.43. The van der Waals surface area contributed by atoms with Gasteiger partial charge < -0.3 is 0 Å². The summed E-state index contributed by atoms with van der Waals surface area (Å²) in [5.41, 5.74) is 1.87. The molecular weight excluding hydrogens is 270 g/mol. The molecule has 18 heavy (non-hydrogen) atoms. The summed E-state index contributed by atoms with van der Waals surface area (Å²) in [5.74, 6) is 0. The van der Waals surface area contributed by atoms with Crippen LogP contribution in [0.1, 0.15) is 24.0 Å². The highest BCUT2D eigenvalue weighted by Gasteiger charge is 2.30. The van der Waals surface area contributed by atoms with Crippen LogP contribution in [0.3, 0.4) is 0 Å². The van der Waals surface area contributed by atoms with Crippen molar-refractivity contribution < 1.29 is 8.42 Å². The Morgan fingerprint density at radius 3 is 2.67 bits per heavy atom. The lowest BCUT2D eigenvalue weighted by atomic mass is 10.2. The first-order valence-corrected chi connectivity index (χ1v) is 8.00. The number of alkyl halides is 1. The normalized spacial score (nSPS) is 22.1. The number of aryl methyl sites for hydroxylation is 2. The highest BCUT2D eigenvalue weighted by atomic mass is 35.5. The molecule has 1 aliphatic heterocycles. The zero-order valence-electron chi connectivity index (χ0n) is 10.7. The third kappa shape index (κ3) is 2.71. The van der Waals surface area contributed by atoms with Crippen LogP contribution in [0.2, 0.25) is 0 Å². The van der Waals surface area contributed by atoms with Crippen molar-refractivity contribution in [1.82, 2.24) is 4.31 Å². The molecular formula is C13H18ClNO2S. The number of nitrogens with zero attached hydrogens (tertiary/aromatic N) is 1. The number of hydrogen-bond acceptors (Lipinski definition) is 2. The molecule has 1 aliphatic rings. The molecule has 100 valence electrons. The van der Waals surface area contributed by atoms with Gasteiger partial charge in [-0.2, -0.15) is 4.31 Å². The second-order valence-electron chi connectivity index (χ2n) is 4.87. The minimum Gasteiger partial charge on any atom is -0.207 e. The topological polar surface area (TPSA) is 37.4 Å². The average Bonchev–Trinajstić information content (AvgIpc) is 2.28. The molecule has 0 spiro atoms. The van der Waals surface area contributed by atoms with Crippen LogP contribution >= 0.6 is 11.6 Å². The standard InChI is InChI=1S/C13H18ClNO2S/c1-10-5-6-13(11(2)8-10)18(16,17)15-7-3-4-12(14)9-15/h5-6,8,12H,3-4,7,9H2,1-2H3. The molecule has 3 nitrogen and oxygen atoms in total. The van der Waals surface area contributed by atoms with Crippen molar-refractivity contribution in [2.45, 2.75) is 37.0 Å². The van der Waals surface area contributed by atoms with Crippen molar-refractivity contribution in [3.05, 3.63) is 29.3 Å². The first-order chi connectivity index (χ1) is 8.41. The fourth-order valence-electron chi connectivity index (χ4n) is 2.34. The lowest BCUT2D eigenvalue weighted by Gasteiger charge is -2.29. The zero-order valence-corrected chi connectivity index (χ0v) is 12.3. The van der Waals surface area contributed by atoms with Gasteiger partial charge in [-0.3, -0.25) is 0 Å². The van der Waals surface area contributed by atoms with Gasteiger partial charge in [0.25, 0.3) is 0 Å². The lowest BCUT2D eigenvalue weighted by molar-refractivity contribution is 0.350. The maximum atomic E-state index is 12.5. The molecule has 0 N–H and O–H groups in total. The quantitative estimate of drug-likeness (QED) is 0.784. The van der Waals surface area contributed by atoms with E-state index in [0.717, 1.165) is 24.0 Å². The Hall–Kier alpha value is -0.580. The molecule has 1 fully saturated rings. The predicted molar refractivity (Wildman–Crippen MR) is 73.5 cm³/mol. The Bertz CT molecular complexity index is 542. The number of rotatable bonds is 2. The van der Waals surface area contributed by atoms with Gasteiger partial charge in [0.15, 0.2) is 0 Å². The second kappa shape index (κ2) is 5.19. The predicted octanol–water partition coefficient (Wildman–Crippen LogP) is 2.70. The number of piperidine rings is 1. The maximum Gasteiger partial charge on any atom is 0.243 e. The van der Waals surface area contributed by atoms with Crippen LogP contribution in [-0.4, -0.2) is 31.2 Å². The summed E-state index contributed by atoms with van der Waals surface area (Å²) in [6.07, 6.45) is 1.72. The molecule has 0 radical (unpaired) electrons. The molecule has 0 aromatic heterocycles. The van der Waals surface area contributed by atoms with E-state index in [1.807, 2.05) is 26.0 Å². The summed E-state index contributed by atoms with van der Waals surface area (Å²) in [4.78, 5) is 0.402. The minimum absolute atomic E-state index is 0.0701. The van der Waals surface area contributed by atoms with Gasteiger partial charge >= 0.3 is 0 Å². The number of halogens is 1. The molecule has 2 rings (SSSR count). The Kier molecular flexibility index (Phi) is 3.99. The van der Waals surface area contributed by atoms with E-state index in [1.54, 1.807) is 6.07 Å². The molecule has 1 aromatic rings. The van der Waals surface area contributed by atoms with Gasteiger partial charge in [0.1, 0.15) is 0 Å². The van der Waals surface area contributed by atoms with Gasteiger partial charge in [0.05, 0.1) is 4.90 Å². The third-order valence-corrected chi connectivity index (χ3v) is 5.66. The number of benzene rings is 1. The van der Waals surface area contributed by atoms with Gasteiger partial charge in [0, 0.05) is 18.5 Å². The molecule has 0 aliphatic carbocycles. The van der Waals surface area contributed by atoms with Gasteiger partial charge in [-0.05, 0) is 38.3 Å². The third-order valence-electron chi connectivity index (χ3n) is 3.27. The Morgan fingerprint density at radius 1 is 1.33 bits per heavy atom. The van der Waals surface area contributed by atoms with Crippen LogP contribution in [0.15, 0.2) is 23.1 Å². The fraction of sp³-hybridized carbons (Fsp3) is 0.538. The molecule has 1 aromatic carbocycles. The van der Waals surface area contributed by atoms with E-state index in [0.29, 0.717) is 18.0 Å². The molecule has 5 heteroatoms. The van der Waals surface area contributed by atoms with E-state index in [9.17, 15) is 8.42 Å². The summed E-state index contributed by atoms with van der Waals surface area (Å²) >= 11 is 6.06. The van der Waals surface area contributed by atoms with Gasteiger partial charge in [0.2, 0.25) is 10.0 Å². The van der Waals surface area contributed by atoms with E-state index >= 15 is 0 Å². The molecule has 1 atom stereocenters. The Labute approximate surface area is 114 Å². The lowest BCUT2D eigenvalue weighted by Crippen LogP contribution is -2.40. The van der Waals surface area contributed by atoms with E-state index in [-0.39, 0.29) is 5.38 Å². The Balaban J connectivity index is 2.35. The van der Waals surface area contributed by atoms with Crippen LogP contribution < -0.4 is 0 Å². The summed E-state index contributed by atoms with van der Waals surface area (Å²) in [6.45, 7) is 4.77. The summed E-state index contributed by atoms with van der Waals surface area (Å²) in [5, 5.41) is -0.0701. The maximum absolute atomic E-state index is 12.5. The minimum atomic E-state index is -3.39. The smallest absolute Gasteiger partial charge is 0.207 e. The SMILES string of the molecule is Cc1ccc(S(=O)(=O)N2CCCC(Cl)C2)c(C)c1. The monoisotopic (exact) mass is 287 g/mol. The van der Waals surface area contributed by atoms with Crippen molar-refractivity contribution in [1.29, 1.82) is 0 Å². The molecule has 0 saturated carbocycles. The summed E-state index contributed by atoms with van der Waals surface area (Å²) in [7, 11) is -3.39. The van der Waals surface area contributed by atoms with Gasteiger partial charge in [-0.15, -0.1) is 11.6 Å². The van der Waals surface area contributed by atoms with Crippen LogP contribution in [0.4, 0.5) is 0 Å². The molecule has 1 heterocycles. The van der Waals surface area contributed by atoms with Crippen LogP contribution in [0, 0.1) is 13.8 Å². The first-order valence-electron chi connectivity index (χ1n) is 6.13. The van der Waals surface area contributed by atoms with Gasteiger partial charge in [-0.25, -0.2) is 8.42 Å². The molecule has 1 unspecified atom stereocenters.